The van der Waals surface area contributed by atoms with E-state index in [2.05, 4.69) is 5.32 Å². The molecule has 1 aromatic carbocycles. The van der Waals surface area contributed by atoms with Crippen LogP contribution in [-0.4, -0.2) is 7.05 Å². The number of nitriles is 2. The second kappa shape index (κ2) is 3.41. The molecule has 0 aromatic heterocycles. The van der Waals surface area contributed by atoms with Crippen molar-refractivity contribution < 1.29 is 0 Å². The highest BCUT2D eigenvalue weighted by Crippen LogP contribution is 2.15. The van der Waals surface area contributed by atoms with Crippen LogP contribution in [0.4, 0.5) is 5.69 Å². The molecular formula is C9H7N3. The van der Waals surface area contributed by atoms with Gasteiger partial charge in [-0.15, -0.1) is 0 Å². The van der Waals surface area contributed by atoms with Crippen molar-refractivity contribution >= 4 is 5.69 Å². The molecule has 0 aliphatic heterocycles. The van der Waals surface area contributed by atoms with E-state index in [1.807, 2.05) is 12.1 Å². The maximum Gasteiger partial charge on any atom is 0.101 e. The zero-order valence-corrected chi connectivity index (χ0v) is 6.63. The number of hydrogen-bond acceptors (Lipinski definition) is 3. The molecule has 12 heavy (non-hydrogen) atoms. The molecule has 3 heteroatoms. The standard InChI is InChI=1S/C9H7N3/c1-12-9-4-7(5-10)2-3-8(9)6-11/h2-4,12H,1H3. The fourth-order valence-corrected chi connectivity index (χ4v) is 0.918. The third-order valence-electron chi connectivity index (χ3n) is 1.54. The van der Waals surface area contributed by atoms with Crippen molar-refractivity contribution in [2.75, 3.05) is 12.4 Å². The Balaban J connectivity index is 3.24. The SMILES string of the molecule is CNc1cc(C#N)ccc1C#N. The predicted molar refractivity (Wildman–Crippen MR) is 45.4 cm³/mol. The zero-order valence-electron chi connectivity index (χ0n) is 6.63. The summed E-state index contributed by atoms with van der Waals surface area (Å²) in [5, 5.41) is 20.0. The fourth-order valence-electron chi connectivity index (χ4n) is 0.918. The van der Waals surface area contributed by atoms with E-state index in [1.54, 1.807) is 25.2 Å². The van der Waals surface area contributed by atoms with E-state index in [9.17, 15) is 0 Å². The third-order valence-corrected chi connectivity index (χ3v) is 1.54. The molecule has 0 aliphatic rings. The highest BCUT2D eigenvalue weighted by atomic mass is 14.8. The van der Waals surface area contributed by atoms with Crippen molar-refractivity contribution in [3.8, 4) is 12.1 Å². The topological polar surface area (TPSA) is 59.6 Å². The summed E-state index contributed by atoms with van der Waals surface area (Å²) in [6.45, 7) is 0. The van der Waals surface area contributed by atoms with Crippen LogP contribution in [0.3, 0.4) is 0 Å². The Morgan fingerprint density at radius 3 is 2.50 bits per heavy atom. The van der Waals surface area contributed by atoms with Gasteiger partial charge in [0.25, 0.3) is 0 Å². The fraction of sp³-hybridized carbons (Fsp3) is 0.111. The maximum atomic E-state index is 8.64. The van der Waals surface area contributed by atoms with Gasteiger partial charge in [0, 0.05) is 7.05 Å². The zero-order chi connectivity index (χ0) is 8.97. The van der Waals surface area contributed by atoms with Gasteiger partial charge in [-0.05, 0) is 18.2 Å². The second-order valence-electron chi connectivity index (χ2n) is 2.23. The van der Waals surface area contributed by atoms with Crippen molar-refractivity contribution in [1.29, 1.82) is 10.5 Å². The molecule has 0 spiro atoms. The summed E-state index contributed by atoms with van der Waals surface area (Å²) < 4.78 is 0. The normalized spacial score (nSPS) is 8.25. The third kappa shape index (κ3) is 1.36. The van der Waals surface area contributed by atoms with Gasteiger partial charge in [-0.3, -0.25) is 0 Å². The first-order valence-corrected chi connectivity index (χ1v) is 3.44. The number of rotatable bonds is 1. The Bertz CT molecular complexity index is 368. The van der Waals surface area contributed by atoms with E-state index < -0.39 is 0 Å². The van der Waals surface area contributed by atoms with Crippen molar-refractivity contribution in [3.05, 3.63) is 29.3 Å². The summed E-state index contributed by atoms with van der Waals surface area (Å²) in [4.78, 5) is 0. The molecule has 0 heterocycles. The average molecular weight is 157 g/mol. The predicted octanol–water partition coefficient (Wildman–Crippen LogP) is 1.47. The molecule has 0 atom stereocenters. The Labute approximate surface area is 70.9 Å². The van der Waals surface area contributed by atoms with Gasteiger partial charge < -0.3 is 5.32 Å². The summed E-state index contributed by atoms with van der Waals surface area (Å²) >= 11 is 0. The Morgan fingerprint density at radius 1 is 1.25 bits per heavy atom. The van der Waals surface area contributed by atoms with E-state index in [-0.39, 0.29) is 0 Å². The van der Waals surface area contributed by atoms with Gasteiger partial charge in [0.05, 0.1) is 22.9 Å². The van der Waals surface area contributed by atoms with E-state index in [0.717, 1.165) is 0 Å². The monoisotopic (exact) mass is 157 g/mol. The lowest BCUT2D eigenvalue weighted by molar-refractivity contribution is 1.42. The van der Waals surface area contributed by atoms with Crippen LogP contribution in [-0.2, 0) is 0 Å². The van der Waals surface area contributed by atoms with Crippen LogP contribution in [0.1, 0.15) is 11.1 Å². The quantitative estimate of drug-likeness (QED) is 0.671. The molecule has 0 amide bonds. The summed E-state index contributed by atoms with van der Waals surface area (Å²) in [5.41, 5.74) is 1.80. The Morgan fingerprint density at radius 2 is 2.00 bits per heavy atom. The van der Waals surface area contributed by atoms with Gasteiger partial charge in [-0.1, -0.05) is 0 Å². The number of benzene rings is 1. The summed E-state index contributed by atoms with van der Waals surface area (Å²) in [6.07, 6.45) is 0. The minimum absolute atomic E-state index is 0.552. The van der Waals surface area contributed by atoms with Gasteiger partial charge in [0.15, 0.2) is 0 Å². The highest BCUT2D eigenvalue weighted by Gasteiger charge is 1.99. The van der Waals surface area contributed by atoms with Gasteiger partial charge in [0.2, 0.25) is 0 Å². The minimum Gasteiger partial charge on any atom is -0.387 e. The van der Waals surface area contributed by atoms with Gasteiger partial charge in [0.1, 0.15) is 6.07 Å². The van der Waals surface area contributed by atoms with Crippen LogP contribution in [0.2, 0.25) is 0 Å². The van der Waals surface area contributed by atoms with Crippen molar-refractivity contribution in [2.45, 2.75) is 0 Å². The summed E-state index contributed by atoms with van der Waals surface area (Å²) in [6, 6.07) is 8.93. The molecule has 3 nitrogen and oxygen atoms in total. The molecule has 0 saturated carbocycles. The summed E-state index contributed by atoms with van der Waals surface area (Å²) in [7, 11) is 1.72. The van der Waals surface area contributed by atoms with Crippen LogP contribution >= 0.6 is 0 Å². The first-order valence-electron chi connectivity index (χ1n) is 3.44. The smallest absolute Gasteiger partial charge is 0.101 e. The van der Waals surface area contributed by atoms with Gasteiger partial charge in [-0.25, -0.2) is 0 Å². The van der Waals surface area contributed by atoms with Crippen molar-refractivity contribution in [2.24, 2.45) is 0 Å². The largest absolute Gasteiger partial charge is 0.387 e. The van der Waals surface area contributed by atoms with Gasteiger partial charge >= 0.3 is 0 Å². The van der Waals surface area contributed by atoms with Crippen molar-refractivity contribution in [1.82, 2.24) is 0 Å². The molecule has 58 valence electrons. The molecule has 0 saturated heterocycles. The lowest BCUT2D eigenvalue weighted by atomic mass is 10.1. The van der Waals surface area contributed by atoms with Crippen LogP contribution < -0.4 is 5.32 Å². The van der Waals surface area contributed by atoms with E-state index in [4.69, 9.17) is 10.5 Å². The molecular weight excluding hydrogens is 150 g/mol. The highest BCUT2D eigenvalue weighted by molar-refractivity contribution is 5.60. The number of nitrogens with one attached hydrogen (secondary N) is 1. The Hall–Kier alpha value is -2.00. The first kappa shape index (κ1) is 8.10. The summed E-state index contributed by atoms with van der Waals surface area (Å²) in [5.74, 6) is 0. The molecule has 1 N–H and O–H groups in total. The van der Waals surface area contributed by atoms with Crippen LogP contribution in [0, 0.1) is 22.7 Å². The number of anilines is 1. The maximum absolute atomic E-state index is 8.64. The lowest BCUT2D eigenvalue weighted by Crippen LogP contribution is -1.92. The molecule has 0 aliphatic carbocycles. The average Bonchev–Trinajstić information content (AvgIpc) is 2.16. The van der Waals surface area contributed by atoms with E-state index in [1.165, 1.54) is 0 Å². The van der Waals surface area contributed by atoms with Crippen LogP contribution in [0.15, 0.2) is 18.2 Å². The molecule has 1 rings (SSSR count). The molecule has 0 unspecified atom stereocenters. The van der Waals surface area contributed by atoms with E-state index >= 15 is 0 Å². The lowest BCUT2D eigenvalue weighted by Gasteiger charge is -2.01. The molecule has 0 fully saturated rings. The molecule has 0 bridgehead atoms. The van der Waals surface area contributed by atoms with Crippen molar-refractivity contribution in [3.63, 3.8) is 0 Å². The van der Waals surface area contributed by atoms with Gasteiger partial charge in [-0.2, -0.15) is 10.5 Å². The van der Waals surface area contributed by atoms with Crippen LogP contribution in [0.5, 0.6) is 0 Å². The first-order chi connectivity index (χ1) is 5.81. The Kier molecular flexibility index (Phi) is 2.30. The van der Waals surface area contributed by atoms with Crippen LogP contribution in [0.25, 0.3) is 0 Å². The molecule has 0 radical (unpaired) electrons. The second-order valence-corrected chi connectivity index (χ2v) is 2.23. The minimum atomic E-state index is 0.552. The number of nitrogens with zero attached hydrogens (tertiary/aromatic N) is 2. The molecule has 1 aromatic rings. The number of hydrogen-bond donors (Lipinski definition) is 1. The van der Waals surface area contributed by atoms with E-state index in [0.29, 0.717) is 16.8 Å².